The van der Waals surface area contributed by atoms with E-state index in [1.807, 2.05) is 30.3 Å². The van der Waals surface area contributed by atoms with E-state index in [0.29, 0.717) is 12.2 Å². The molecule has 1 N–H and O–H groups in total. The molecule has 1 saturated carbocycles. The Morgan fingerprint density at radius 2 is 1.82 bits per heavy atom. The lowest BCUT2D eigenvalue weighted by Crippen LogP contribution is -2.62. The quantitative estimate of drug-likeness (QED) is 0.820. The third kappa shape index (κ3) is 3.47. The second-order valence-electron chi connectivity index (χ2n) is 8.33. The zero-order valence-electron chi connectivity index (χ0n) is 16.9. The third-order valence-corrected chi connectivity index (χ3v) is 6.77. The molecular formula is C24H30N2O2. The fourth-order valence-electron chi connectivity index (χ4n) is 5.23. The SMILES string of the molecule is COCc1ccccc1C(=O)NC(c1ccccc1)C12CCC(CC1)CN2C. The molecule has 4 nitrogen and oxygen atoms in total. The van der Waals surface area contributed by atoms with Gasteiger partial charge in [0.15, 0.2) is 0 Å². The minimum atomic E-state index is -0.0250. The van der Waals surface area contributed by atoms with E-state index in [9.17, 15) is 4.79 Å². The lowest BCUT2D eigenvalue weighted by Gasteiger charge is -2.57. The normalized spacial score (nSPS) is 25.4. The van der Waals surface area contributed by atoms with Gasteiger partial charge in [0, 0.05) is 24.8 Å². The van der Waals surface area contributed by atoms with Gasteiger partial charge in [-0.05, 0) is 55.8 Å². The van der Waals surface area contributed by atoms with Crippen LogP contribution >= 0.6 is 0 Å². The van der Waals surface area contributed by atoms with Crippen molar-refractivity contribution in [3.8, 4) is 0 Å². The Balaban J connectivity index is 1.68. The molecule has 0 radical (unpaired) electrons. The van der Waals surface area contributed by atoms with E-state index in [1.54, 1.807) is 7.11 Å². The largest absolute Gasteiger partial charge is 0.380 e. The molecule has 2 heterocycles. The summed E-state index contributed by atoms with van der Waals surface area (Å²) < 4.78 is 5.30. The summed E-state index contributed by atoms with van der Waals surface area (Å²) in [5.74, 6) is 0.790. The van der Waals surface area contributed by atoms with Crippen LogP contribution in [0.2, 0.25) is 0 Å². The summed E-state index contributed by atoms with van der Waals surface area (Å²) in [5, 5.41) is 3.43. The molecular weight excluding hydrogens is 348 g/mol. The molecule has 148 valence electrons. The third-order valence-electron chi connectivity index (χ3n) is 6.77. The Morgan fingerprint density at radius 1 is 1.14 bits per heavy atom. The van der Waals surface area contributed by atoms with Crippen LogP contribution in [-0.2, 0) is 11.3 Å². The summed E-state index contributed by atoms with van der Waals surface area (Å²) in [6.45, 7) is 1.56. The molecule has 1 amide bonds. The number of hydrogen-bond donors (Lipinski definition) is 1. The molecule has 2 aliphatic heterocycles. The molecule has 4 heteroatoms. The van der Waals surface area contributed by atoms with Crippen molar-refractivity contribution in [2.75, 3.05) is 20.7 Å². The Morgan fingerprint density at radius 3 is 2.50 bits per heavy atom. The number of rotatable bonds is 6. The molecule has 1 atom stereocenters. The van der Waals surface area contributed by atoms with Crippen LogP contribution in [0.4, 0.5) is 0 Å². The van der Waals surface area contributed by atoms with Gasteiger partial charge in [-0.15, -0.1) is 0 Å². The number of hydrogen-bond acceptors (Lipinski definition) is 3. The van der Waals surface area contributed by atoms with Crippen molar-refractivity contribution < 1.29 is 9.53 Å². The minimum absolute atomic E-state index is 0.0119. The predicted molar refractivity (Wildman–Crippen MR) is 111 cm³/mol. The molecule has 1 aliphatic carbocycles. The summed E-state index contributed by atoms with van der Waals surface area (Å²) in [6.07, 6.45) is 4.77. The van der Waals surface area contributed by atoms with E-state index in [2.05, 4.69) is 41.5 Å². The Hall–Kier alpha value is -2.17. The second kappa shape index (κ2) is 8.06. The number of nitrogens with one attached hydrogen (secondary N) is 1. The summed E-state index contributed by atoms with van der Waals surface area (Å²) in [7, 11) is 3.89. The summed E-state index contributed by atoms with van der Waals surface area (Å²) in [6, 6.07) is 18.2. The highest BCUT2D eigenvalue weighted by Gasteiger charge is 2.50. The number of fused-ring (bicyclic) bond motifs is 3. The number of nitrogens with zero attached hydrogens (tertiary/aromatic N) is 1. The smallest absolute Gasteiger partial charge is 0.252 e. The Kier molecular flexibility index (Phi) is 5.51. The summed E-state index contributed by atoms with van der Waals surface area (Å²) in [4.78, 5) is 15.9. The van der Waals surface area contributed by atoms with Gasteiger partial charge in [0.05, 0.1) is 12.6 Å². The van der Waals surface area contributed by atoms with Gasteiger partial charge < -0.3 is 10.1 Å². The standard InChI is InChI=1S/C24H30N2O2/c1-26-16-18-12-14-24(26,15-13-18)22(19-8-4-3-5-9-19)25-23(27)21-11-7-6-10-20(21)17-28-2/h3-11,18,22H,12-17H2,1-2H3,(H,25,27). The number of piperidine rings is 2. The molecule has 3 fully saturated rings. The zero-order valence-corrected chi connectivity index (χ0v) is 16.9. The van der Waals surface area contributed by atoms with Crippen LogP contribution in [0.1, 0.15) is 53.2 Å². The first-order valence-corrected chi connectivity index (χ1v) is 10.3. The number of methoxy groups -OCH3 is 1. The highest BCUT2D eigenvalue weighted by atomic mass is 16.5. The molecule has 28 heavy (non-hydrogen) atoms. The van der Waals surface area contributed by atoms with Gasteiger partial charge in [-0.25, -0.2) is 0 Å². The number of carbonyl (C=O) groups is 1. The highest BCUT2D eigenvalue weighted by molar-refractivity contribution is 5.96. The molecule has 5 rings (SSSR count). The first-order valence-electron chi connectivity index (χ1n) is 10.3. The van der Waals surface area contributed by atoms with Gasteiger partial charge in [-0.1, -0.05) is 48.5 Å². The lowest BCUT2D eigenvalue weighted by atomic mass is 9.65. The minimum Gasteiger partial charge on any atom is -0.380 e. The van der Waals surface area contributed by atoms with Crippen LogP contribution in [-0.4, -0.2) is 37.0 Å². The lowest BCUT2D eigenvalue weighted by molar-refractivity contribution is -0.0404. The van der Waals surface area contributed by atoms with Crippen LogP contribution in [0.5, 0.6) is 0 Å². The average molecular weight is 379 g/mol. The van der Waals surface area contributed by atoms with E-state index in [0.717, 1.165) is 30.9 Å². The van der Waals surface area contributed by atoms with Crippen molar-refractivity contribution >= 4 is 5.91 Å². The zero-order chi connectivity index (χ0) is 19.6. The molecule has 2 aromatic carbocycles. The van der Waals surface area contributed by atoms with Crippen LogP contribution < -0.4 is 5.32 Å². The van der Waals surface area contributed by atoms with Gasteiger partial charge in [0.1, 0.15) is 0 Å². The van der Waals surface area contributed by atoms with Gasteiger partial charge in [0.25, 0.3) is 5.91 Å². The van der Waals surface area contributed by atoms with Crippen molar-refractivity contribution in [3.63, 3.8) is 0 Å². The number of ether oxygens (including phenoxy) is 1. The molecule has 3 aliphatic rings. The Bertz CT molecular complexity index is 812. The fraction of sp³-hybridized carbons (Fsp3) is 0.458. The van der Waals surface area contributed by atoms with Crippen molar-refractivity contribution in [1.29, 1.82) is 0 Å². The number of benzene rings is 2. The van der Waals surface area contributed by atoms with Crippen molar-refractivity contribution in [1.82, 2.24) is 10.2 Å². The maximum absolute atomic E-state index is 13.4. The first kappa shape index (κ1) is 19.2. The first-order chi connectivity index (χ1) is 13.6. The summed E-state index contributed by atoms with van der Waals surface area (Å²) in [5.41, 5.74) is 2.80. The second-order valence-corrected chi connectivity index (χ2v) is 8.33. The predicted octanol–water partition coefficient (Wildman–Crippen LogP) is 4.18. The van der Waals surface area contributed by atoms with Gasteiger partial charge in [-0.3, -0.25) is 9.69 Å². The van der Waals surface area contributed by atoms with Gasteiger partial charge in [-0.2, -0.15) is 0 Å². The van der Waals surface area contributed by atoms with E-state index in [1.165, 1.54) is 18.4 Å². The molecule has 2 bridgehead atoms. The number of carbonyl (C=O) groups excluding carboxylic acids is 1. The summed E-state index contributed by atoms with van der Waals surface area (Å²) >= 11 is 0. The molecule has 2 aromatic rings. The molecule has 1 unspecified atom stereocenters. The van der Waals surface area contributed by atoms with E-state index in [-0.39, 0.29) is 17.5 Å². The van der Waals surface area contributed by atoms with Crippen LogP contribution in [0.25, 0.3) is 0 Å². The van der Waals surface area contributed by atoms with Gasteiger partial charge >= 0.3 is 0 Å². The van der Waals surface area contributed by atoms with Crippen LogP contribution in [0.15, 0.2) is 54.6 Å². The molecule has 0 aromatic heterocycles. The fourth-order valence-corrected chi connectivity index (χ4v) is 5.23. The van der Waals surface area contributed by atoms with E-state index < -0.39 is 0 Å². The van der Waals surface area contributed by atoms with Crippen molar-refractivity contribution in [2.24, 2.45) is 5.92 Å². The van der Waals surface area contributed by atoms with Crippen LogP contribution in [0, 0.1) is 5.92 Å². The maximum Gasteiger partial charge on any atom is 0.252 e. The van der Waals surface area contributed by atoms with E-state index in [4.69, 9.17) is 4.74 Å². The Labute approximate surface area is 167 Å². The van der Waals surface area contributed by atoms with Gasteiger partial charge in [0.2, 0.25) is 0 Å². The topological polar surface area (TPSA) is 41.6 Å². The van der Waals surface area contributed by atoms with Crippen molar-refractivity contribution in [2.45, 2.75) is 43.9 Å². The van der Waals surface area contributed by atoms with E-state index >= 15 is 0 Å². The van der Waals surface area contributed by atoms with Crippen LogP contribution in [0.3, 0.4) is 0 Å². The molecule has 0 spiro atoms. The highest BCUT2D eigenvalue weighted by Crippen LogP contribution is 2.49. The maximum atomic E-state index is 13.4. The average Bonchev–Trinajstić information content (AvgIpc) is 2.74. The monoisotopic (exact) mass is 378 g/mol. The van der Waals surface area contributed by atoms with Crippen molar-refractivity contribution in [3.05, 3.63) is 71.3 Å². The number of likely N-dealkylation sites (N-methyl/N-ethyl adjacent to an activating group) is 1. The molecule has 2 saturated heterocycles. The number of amides is 1.